The zero-order chi connectivity index (χ0) is 16.1. The minimum atomic E-state index is -0.424. The molecule has 1 saturated heterocycles. The second-order valence-corrected chi connectivity index (χ2v) is 5.21. The number of hydrogen-bond donors (Lipinski definition) is 2. The van der Waals surface area contributed by atoms with Gasteiger partial charge in [-0.05, 0) is 24.3 Å². The van der Waals surface area contributed by atoms with Gasteiger partial charge in [-0.1, -0.05) is 0 Å². The molecule has 0 spiro atoms. The third-order valence-corrected chi connectivity index (χ3v) is 3.84. The number of hydrogen-bond acceptors (Lipinski definition) is 5. The summed E-state index contributed by atoms with van der Waals surface area (Å²) in [5.74, 6) is 0.255. The molecule has 1 aromatic rings. The van der Waals surface area contributed by atoms with Crippen molar-refractivity contribution in [3.05, 3.63) is 24.3 Å². The molecule has 0 aromatic heterocycles. The van der Waals surface area contributed by atoms with Crippen LogP contribution in [-0.2, 0) is 9.59 Å². The van der Waals surface area contributed by atoms with Gasteiger partial charge in [-0.25, -0.2) is 0 Å². The highest BCUT2D eigenvalue weighted by atomic mass is 16.5. The maximum atomic E-state index is 12.1. The Bertz CT molecular complexity index is 532. The van der Waals surface area contributed by atoms with Gasteiger partial charge in [0, 0.05) is 32.4 Å². The number of likely N-dealkylation sites (N-methyl/N-ethyl adjacent to an activating group) is 1. The molecule has 0 saturated carbocycles. The summed E-state index contributed by atoms with van der Waals surface area (Å²) in [7, 11) is 3.22. The molecule has 2 amide bonds. The Morgan fingerprint density at radius 2 is 2.00 bits per heavy atom. The number of amides is 2. The van der Waals surface area contributed by atoms with Crippen molar-refractivity contribution in [3.63, 3.8) is 0 Å². The van der Waals surface area contributed by atoms with E-state index in [0.29, 0.717) is 13.1 Å². The lowest BCUT2D eigenvalue weighted by atomic mass is 10.1. The van der Waals surface area contributed by atoms with Crippen LogP contribution < -0.4 is 20.7 Å². The van der Waals surface area contributed by atoms with Crippen LogP contribution in [-0.4, -0.2) is 63.1 Å². The first-order valence-electron chi connectivity index (χ1n) is 7.18. The van der Waals surface area contributed by atoms with E-state index >= 15 is 0 Å². The van der Waals surface area contributed by atoms with E-state index in [9.17, 15) is 9.59 Å². The quantitative estimate of drug-likeness (QED) is 0.760. The number of ether oxygens (including phenoxy) is 1. The van der Waals surface area contributed by atoms with Crippen molar-refractivity contribution in [1.82, 2.24) is 10.2 Å². The first-order chi connectivity index (χ1) is 10.5. The highest BCUT2D eigenvalue weighted by Crippen LogP contribution is 2.22. The lowest BCUT2D eigenvalue weighted by molar-refractivity contribution is -0.128. The van der Waals surface area contributed by atoms with Crippen LogP contribution in [0.5, 0.6) is 5.75 Å². The Balaban J connectivity index is 2.12. The molecular weight excluding hydrogens is 284 g/mol. The van der Waals surface area contributed by atoms with Crippen molar-refractivity contribution in [2.75, 3.05) is 45.2 Å². The fraction of sp³-hybridized carbons (Fsp3) is 0.467. The number of nitrogens with zero attached hydrogens (tertiary/aromatic N) is 2. The average Bonchev–Trinajstić information content (AvgIpc) is 2.54. The summed E-state index contributed by atoms with van der Waals surface area (Å²) in [5, 5.41) is 2.65. The summed E-state index contributed by atoms with van der Waals surface area (Å²) in [6.07, 6.45) is 0. The molecule has 120 valence electrons. The number of primary amides is 1. The monoisotopic (exact) mass is 306 g/mol. The molecule has 1 heterocycles. The number of rotatable bonds is 5. The number of carbonyl (C=O) groups is 2. The van der Waals surface area contributed by atoms with Crippen molar-refractivity contribution in [2.24, 2.45) is 5.73 Å². The van der Waals surface area contributed by atoms with Gasteiger partial charge in [0.15, 0.2) is 0 Å². The van der Waals surface area contributed by atoms with E-state index in [2.05, 4.69) is 10.2 Å². The third-order valence-electron chi connectivity index (χ3n) is 3.84. The third kappa shape index (κ3) is 3.67. The highest BCUT2D eigenvalue weighted by Gasteiger charge is 2.32. The lowest BCUT2D eigenvalue weighted by Crippen LogP contribution is -2.60. The average molecular weight is 306 g/mol. The Kier molecular flexibility index (Phi) is 5.21. The van der Waals surface area contributed by atoms with Crippen LogP contribution in [0.15, 0.2) is 24.3 Å². The predicted octanol–water partition coefficient (Wildman–Crippen LogP) is -0.583. The summed E-state index contributed by atoms with van der Waals surface area (Å²) < 4.78 is 5.15. The normalized spacial score (nSPS) is 18.8. The Labute approximate surface area is 130 Å². The van der Waals surface area contributed by atoms with Gasteiger partial charge >= 0.3 is 0 Å². The number of benzene rings is 1. The first-order valence-corrected chi connectivity index (χ1v) is 7.18. The van der Waals surface area contributed by atoms with Crippen LogP contribution in [0.25, 0.3) is 0 Å². The fourth-order valence-electron chi connectivity index (χ4n) is 2.65. The molecule has 7 heteroatoms. The maximum Gasteiger partial charge on any atom is 0.238 e. The molecule has 0 bridgehead atoms. The number of methoxy groups -OCH3 is 1. The van der Waals surface area contributed by atoms with E-state index in [0.717, 1.165) is 18.0 Å². The van der Waals surface area contributed by atoms with Crippen molar-refractivity contribution >= 4 is 17.5 Å². The van der Waals surface area contributed by atoms with Gasteiger partial charge in [-0.15, -0.1) is 0 Å². The van der Waals surface area contributed by atoms with Gasteiger partial charge in [-0.3, -0.25) is 14.5 Å². The topological polar surface area (TPSA) is 87.9 Å². The SMILES string of the molecule is CNC(=O)[C@H]1CN(c2ccc(OC)cc2)CCN1CC(N)=O. The van der Waals surface area contributed by atoms with E-state index in [-0.39, 0.29) is 12.5 Å². The summed E-state index contributed by atoms with van der Waals surface area (Å²) in [6.45, 7) is 1.94. The van der Waals surface area contributed by atoms with Crippen molar-refractivity contribution in [1.29, 1.82) is 0 Å². The van der Waals surface area contributed by atoms with Crippen LogP contribution in [0, 0.1) is 0 Å². The van der Waals surface area contributed by atoms with Gasteiger partial charge < -0.3 is 20.7 Å². The van der Waals surface area contributed by atoms with E-state index in [1.54, 1.807) is 14.2 Å². The molecule has 7 nitrogen and oxygen atoms in total. The van der Waals surface area contributed by atoms with Crippen LogP contribution in [0.3, 0.4) is 0 Å². The molecule has 2 rings (SSSR count). The number of piperazine rings is 1. The molecular formula is C15H22N4O3. The Morgan fingerprint density at radius 3 is 2.55 bits per heavy atom. The number of nitrogens with one attached hydrogen (secondary N) is 1. The van der Waals surface area contributed by atoms with Gasteiger partial charge in [0.2, 0.25) is 11.8 Å². The van der Waals surface area contributed by atoms with E-state index in [1.807, 2.05) is 29.2 Å². The standard InChI is InChI=1S/C15H22N4O3/c1-17-15(21)13-9-18(7-8-19(13)10-14(16)20)11-3-5-12(22-2)6-4-11/h3-6,13H,7-10H2,1-2H3,(H2,16,20)(H,17,21)/t13-/m1/s1. The molecule has 0 unspecified atom stereocenters. The molecule has 0 aliphatic carbocycles. The summed E-state index contributed by atoms with van der Waals surface area (Å²) in [5.41, 5.74) is 6.29. The van der Waals surface area contributed by atoms with Gasteiger partial charge in [0.05, 0.1) is 13.7 Å². The Hall–Kier alpha value is -2.28. The number of carbonyl (C=O) groups excluding carboxylic acids is 2. The largest absolute Gasteiger partial charge is 0.497 e. The molecule has 3 N–H and O–H groups in total. The Morgan fingerprint density at radius 1 is 1.32 bits per heavy atom. The zero-order valence-electron chi connectivity index (χ0n) is 12.9. The molecule has 1 aromatic carbocycles. The second kappa shape index (κ2) is 7.13. The minimum Gasteiger partial charge on any atom is -0.497 e. The maximum absolute atomic E-state index is 12.1. The zero-order valence-corrected chi connectivity index (χ0v) is 12.9. The van der Waals surface area contributed by atoms with Crippen LogP contribution >= 0.6 is 0 Å². The molecule has 1 atom stereocenters. The smallest absolute Gasteiger partial charge is 0.238 e. The second-order valence-electron chi connectivity index (χ2n) is 5.21. The molecule has 1 fully saturated rings. The minimum absolute atomic E-state index is 0.0918. The van der Waals surface area contributed by atoms with Gasteiger partial charge in [0.1, 0.15) is 11.8 Å². The van der Waals surface area contributed by atoms with Crippen molar-refractivity contribution < 1.29 is 14.3 Å². The molecule has 0 radical (unpaired) electrons. The summed E-state index contributed by atoms with van der Waals surface area (Å²) in [6, 6.07) is 7.31. The lowest BCUT2D eigenvalue weighted by Gasteiger charge is -2.40. The van der Waals surface area contributed by atoms with E-state index < -0.39 is 11.9 Å². The van der Waals surface area contributed by atoms with Crippen LogP contribution in [0.1, 0.15) is 0 Å². The fourth-order valence-corrected chi connectivity index (χ4v) is 2.65. The van der Waals surface area contributed by atoms with Gasteiger partial charge in [0.25, 0.3) is 0 Å². The van der Waals surface area contributed by atoms with Crippen LogP contribution in [0.2, 0.25) is 0 Å². The van der Waals surface area contributed by atoms with Crippen LogP contribution in [0.4, 0.5) is 5.69 Å². The number of anilines is 1. The van der Waals surface area contributed by atoms with Crippen molar-refractivity contribution in [3.8, 4) is 5.75 Å². The predicted molar refractivity (Wildman–Crippen MR) is 83.8 cm³/mol. The van der Waals surface area contributed by atoms with E-state index in [1.165, 1.54) is 0 Å². The molecule has 1 aliphatic heterocycles. The van der Waals surface area contributed by atoms with E-state index in [4.69, 9.17) is 10.5 Å². The first kappa shape index (κ1) is 16.1. The molecule has 22 heavy (non-hydrogen) atoms. The number of nitrogens with two attached hydrogens (primary N) is 1. The van der Waals surface area contributed by atoms with Crippen molar-refractivity contribution in [2.45, 2.75) is 6.04 Å². The molecule has 1 aliphatic rings. The summed E-state index contributed by atoms with van der Waals surface area (Å²) in [4.78, 5) is 27.2. The highest BCUT2D eigenvalue weighted by molar-refractivity contribution is 5.84. The van der Waals surface area contributed by atoms with Gasteiger partial charge in [-0.2, -0.15) is 0 Å². The summed E-state index contributed by atoms with van der Waals surface area (Å²) >= 11 is 0.